The van der Waals surface area contributed by atoms with Gasteiger partial charge in [-0.25, -0.2) is 9.97 Å². The zero-order valence-electron chi connectivity index (χ0n) is 19.5. The van der Waals surface area contributed by atoms with Crippen molar-refractivity contribution in [2.24, 2.45) is 5.92 Å². The third-order valence-corrected chi connectivity index (χ3v) is 5.81. The average molecular weight is 411 g/mol. The highest BCUT2D eigenvalue weighted by atomic mass is 16.5. The summed E-state index contributed by atoms with van der Waals surface area (Å²) in [6, 6.07) is 8.17. The molecule has 1 aromatic carbocycles. The van der Waals surface area contributed by atoms with Crippen LogP contribution >= 0.6 is 0 Å². The number of nitrogens with zero attached hydrogens (tertiary/aromatic N) is 2. The average Bonchev–Trinajstić information content (AvgIpc) is 2.78. The highest BCUT2D eigenvalue weighted by Crippen LogP contribution is 2.21. The second-order valence-corrected chi connectivity index (χ2v) is 8.70. The molecule has 1 aromatic heterocycles. The van der Waals surface area contributed by atoms with Crippen molar-refractivity contribution in [3.63, 3.8) is 0 Å². The summed E-state index contributed by atoms with van der Waals surface area (Å²) in [7, 11) is 0. The van der Waals surface area contributed by atoms with Crippen LogP contribution in [-0.4, -0.2) is 16.6 Å². The molecule has 2 rings (SSSR count). The molecule has 0 radical (unpaired) electrons. The normalized spacial score (nSPS) is 12.1. The SMILES string of the molecule is CCCCCCCCOc1ccc(-c2ncc(CCC(C)CCCCC)cn2)cc1. The minimum atomic E-state index is 0.778. The summed E-state index contributed by atoms with van der Waals surface area (Å²) < 4.78 is 5.87. The van der Waals surface area contributed by atoms with Crippen molar-refractivity contribution in [1.82, 2.24) is 9.97 Å². The molecule has 1 heterocycles. The van der Waals surface area contributed by atoms with E-state index in [0.29, 0.717) is 0 Å². The van der Waals surface area contributed by atoms with Crippen molar-refractivity contribution in [1.29, 1.82) is 0 Å². The van der Waals surface area contributed by atoms with Crippen LogP contribution in [0.3, 0.4) is 0 Å². The van der Waals surface area contributed by atoms with Gasteiger partial charge in [-0.1, -0.05) is 78.6 Å². The first-order valence-electron chi connectivity index (χ1n) is 12.3. The molecule has 0 saturated carbocycles. The minimum absolute atomic E-state index is 0.778. The van der Waals surface area contributed by atoms with E-state index in [-0.39, 0.29) is 0 Å². The maximum atomic E-state index is 5.87. The van der Waals surface area contributed by atoms with Gasteiger partial charge in [-0.15, -0.1) is 0 Å². The Labute approximate surface area is 184 Å². The molecule has 2 aromatic rings. The van der Waals surface area contributed by atoms with Crippen LogP contribution in [0.25, 0.3) is 11.4 Å². The largest absolute Gasteiger partial charge is 0.494 e. The maximum absolute atomic E-state index is 5.87. The number of benzene rings is 1. The molecule has 3 heteroatoms. The number of unbranched alkanes of at least 4 members (excludes halogenated alkanes) is 7. The van der Waals surface area contributed by atoms with Crippen LogP contribution in [0, 0.1) is 5.92 Å². The zero-order valence-corrected chi connectivity index (χ0v) is 19.5. The Morgan fingerprint density at radius 2 is 1.40 bits per heavy atom. The van der Waals surface area contributed by atoms with Gasteiger partial charge in [0.1, 0.15) is 5.75 Å². The van der Waals surface area contributed by atoms with Crippen LogP contribution in [0.1, 0.15) is 97.0 Å². The van der Waals surface area contributed by atoms with E-state index < -0.39 is 0 Å². The predicted molar refractivity (Wildman–Crippen MR) is 128 cm³/mol. The number of rotatable bonds is 16. The fourth-order valence-electron chi connectivity index (χ4n) is 3.71. The smallest absolute Gasteiger partial charge is 0.159 e. The maximum Gasteiger partial charge on any atom is 0.159 e. The van der Waals surface area contributed by atoms with E-state index in [0.717, 1.165) is 42.5 Å². The van der Waals surface area contributed by atoms with E-state index in [9.17, 15) is 0 Å². The van der Waals surface area contributed by atoms with Crippen molar-refractivity contribution in [3.8, 4) is 17.1 Å². The van der Waals surface area contributed by atoms with Crippen LogP contribution in [0.2, 0.25) is 0 Å². The van der Waals surface area contributed by atoms with Gasteiger partial charge in [0.05, 0.1) is 6.61 Å². The van der Waals surface area contributed by atoms with Gasteiger partial charge in [0.15, 0.2) is 5.82 Å². The molecule has 0 saturated heterocycles. The highest BCUT2D eigenvalue weighted by Gasteiger charge is 2.06. The summed E-state index contributed by atoms with van der Waals surface area (Å²) in [4.78, 5) is 9.18. The number of hydrogen-bond acceptors (Lipinski definition) is 3. The van der Waals surface area contributed by atoms with Gasteiger partial charge in [-0.3, -0.25) is 0 Å². The Hall–Kier alpha value is -1.90. The first kappa shape index (κ1) is 24.4. The van der Waals surface area contributed by atoms with Crippen molar-refractivity contribution in [3.05, 3.63) is 42.2 Å². The van der Waals surface area contributed by atoms with Crippen molar-refractivity contribution < 1.29 is 4.74 Å². The van der Waals surface area contributed by atoms with Crippen LogP contribution in [0.4, 0.5) is 0 Å². The molecule has 30 heavy (non-hydrogen) atoms. The lowest BCUT2D eigenvalue weighted by Gasteiger charge is -2.11. The lowest BCUT2D eigenvalue weighted by molar-refractivity contribution is 0.304. The Morgan fingerprint density at radius 3 is 2.10 bits per heavy atom. The lowest BCUT2D eigenvalue weighted by Crippen LogP contribution is -1.99. The monoisotopic (exact) mass is 410 g/mol. The van der Waals surface area contributed by atoms with Gasteiger partial charge in [0, 0.05) is 18.0 Å². The summed E-state index contributed by atoms with van der Waals surface area (Å²) in [5, 5.41) is 0. The lowest BCUT2D eigenvalue weighted by atomic mass is 9.97. The number of ether oxygens (including phenoxy) is 1. The van der Waals surface area contributed by atoms with Gasteiger partial charge < -0.3 is 4.74 Å². The summed E-state index contributed by atoms with van der Waals surface area (Å²) in [6.07, 6.45) is 19.3. The minimum Gasteiger partial charge on any atom is -0.494 e. The molecule has 0 amide bonds. The standard InChI is InChI=1S/C27H42N2O/c1-4-6-8-9-10-12-20-30-26-18-16-25(17-19-26)27-28-21-24(22-29-27)15-14-23(3)13-11-7-5-2/h16-19,21-23H,4-15,20H2,1-3H3. The Balaban J connectivity index is 1.71. The van der Waals surface area contributed by atoms with Crippen molar-refractivity contribution in [2.45, 2.75) is 97.8 Å². The van der Waals surface area contributed by atoms with E-state index in [1.807, 2.05) is 24.5 Å². The van der Waals surface area contributed by atoms with Crippen LogP contribution in [0.5, 0.6) is 5.75 Å². The molecule has 3 nitrogen and oxygen atoms in total. The van der Waals surface area contributed by atoms with Crippen LogP contribution in [0.15, 0.2) is 36.7 Å². The van der Waals surface area contributed by atoms with E-state index in [1.54, 1.807) is 0 Å². The highest BCUT2D eigenvalue weighted by molar-refractivity contribution is 5.55. The van der Waals surface area contributed by atoms with E-state index in [4.69, 9.17) is 4.74 Å². The first-order valence-corrected chi connectivity index (χ1v) is 12.3. The van der Waals surface area contributed by atoms with Gasteiger partial charge in [0.2, 0.25) is 0 Å². The number of aryl methyl sites for hydroxylation is 1. The quantitative estimate of drug-likeness (QED) is 0.263. The molecule has 0 fully saturated rings. The summed E-state index contributed by atoms with van der Waals surface area (Å²) in [5.41, 5.74) is 2.28. The molecule has 0 N–H and O–H groups in total. The Kier molecular flexibility index (Phi) is 12.2. The van der Waals surface area contributed by atoms with E-state index in [1.165, 1.54) is 69.8 Å². The second kappa shape index (κ2) is 15.0. The number of aromatic nitrogens is 2. The molecule has 1 atom stereocenters. The molecule has 0 aliphatic rings. The topological polar surface area (TPSA) is 35.0 Å². The summed E-state index contributed by atoms with van der Waals surface area (Å²) >= 11 is 0. The van der Waals surface area contributed by atoms with Crippen molar-refractivity contribution in [2.75, 3.05) is 6.61 Å². The van der Waals surface area contributed by atoms with E-state index in [2.05, 4.69) is 42.9 Å². The predicted octanol–water partition coefficient (Wildman–Crippen LogP) is 8.03. The summed E-state index contributed by atoms with van der Waals surface area (Å²) in [5.74, 6) is 2.50. The fourth-order valence-corrected chi connectivity index (χ4v) is 3.71. The molecular weight excluding hydrogens is 368 g/mol. The molecule has 0 aliphatic heterocycles. The van der Waals surface area contributed by atoms with Crippen molar-refractivity contribution >= 4 is 0 Å². The molecule has 0 bridgehead atoms. The molecule has 0 aliphatic carbocycles. The summed E-state index contributed by atoms with van der Waals surface area (Å²) in [6.45, 7) is 7.68. The molecule has 1 unspecified atom stereocenters. The molecule has 166 valence electrons. The van der Waals surface area contributed by atoms with Gasteiger partial charge >= 0.3 is 0 Å². The molecule has 0 spiro atoms. The Morgan fingerprint density at radius 1 is 0.767 bits per heavy atom. The first-order chi connectivity index (χ1) is 14.7. The molecular formula is C27H42N2O. The zero-order chi connectivity index (χ0) is 21.4. The third kappa shape index (κ3) is 9.73. The van der Waals surface area contributed by atoms with Gasteiger partial charge in [0.25, 0.3) is 0 Å². The fraction of sp³-hybridized carbons (Fsp3) is 0.630. The van der Waals surface area contributed by atoms with Crippen LogP contribution < -0.4 is 4.74 Å². The van der Waals surface area contributed by atoms with Crippen LogP contribution in [-0.2, 0) is 6.42 Å². The van der Waals surface area contributed by atoms with Gasteiger partial charge in [-0.2, -0.15) is 0 Å². The van der Waals surface area contributed by atoms with Gasteiger partial charge in [-0.05, 0) is 55.0 Å². The van der Waals surface area contributed by atoms with E-state index >= 15 is 0 Å². The Bertz CT molecular complexity index is 666. The third-order valence-electron chi connectivity index (χ3n) is 5.81. The number of hydrogen-bond donors (Lipinski definition) is 0. The second-order valence-electron chi connectivity index (χ2n) is 8.70.